The Bertz CT molecular complexity index is 1070. The molecule has 1 heterocycles. The van der Waals surface area contributed by atoms with E-state index in [1.165, 1.54) is 4.90 Å². The molecule has 0 aromatic heterocycles. The first kappa shape index (κ1) is 23.1. The summed E-state index contributed by atoms with van der Waals surface area (Å²) in [6.07, 6.45) is 0. The highest BCUT2D eigenvalue weighted by Crippen LogP contribution is 2.31. The van der Waals surface area contributed by atoms with Crippen molar-refractivity contribution in [3.63, 3.8) is 0 Å². The number of methoxy groups -OCH3 is 1. The third-order valence-electron chi connectivity index (χ3n) is 5.74. The van der Waals surface area contributed by atoms with E-state index in [-0.39, 0.29) is 5.91 Å². The number of piperazine rings is 1. The van der Waals surface area contributed by atoms with Crippen molar-refractivity contribution in [3.8, 4) is 11.5 Å². The van der Waals surface area contributed by atoms with E-state index in [1.54, 1.807) is 18.9 Å². The number of ether oxygens (including phenoxy) is 2. The van der Waals surface area contributed by atoms with E-state index in [0.29, 0.717) is 25.3 Å². The predicted octanol–water partition coefficient (Wildman–Crippen LogP) is 5.35. The zero-order chi connectivity index (χ0) is 23.0. The molecule has 1 saturated heterocycles. The highest BCUT2D eigenvalue weighted by molar-refractivity contribution is 7.98. The Balaban J connectivity index is 1.44. The van der Waals surface area contributed by atoms with Gasteiger partial charge < -0.3 is 19.3 Å². The van der Waals surface area contributed by atoms with Gasteiger partial charge in [0.15, 0.2) is 0 Å². The van der Waals surface area contributed by atoms with Crippen molar-refractivity contribution in [2.45, 2.75) is 17.6 Å². The predicted molar refractivity (Wildman–Crippen MR) is 135 cm³/mol. The molecule has 1 fully saturated rings. The van der Waals surface area contributed by atoms with Crippen molar-refractivity contribution >= 4 is 23.4 Å². The van der Waals surface area contributed by atoms with Crippen LogP contribution in [-0.4, -0.2) is 50.7 Å². The number of nitrogens with zero attached hydrogens (tertiary/aromatic N) is 2. The number of thioether (sulfide) groups is 1. The number of amides is 1. The molecule has 0 bridgehead atoms. The molecule has 33 heavy (non-hydrogen) atoms. The van der Waals surface area contributed by atoms with Crippen LogP contribution in [0.25, 0.3) is 0 Å². The number of carbonyl (C=O) groups is 1. The van der Waals surface area contributed by atoms with Gasteiger partial charge in [-0.25, -0.2) is 0 Å². The molecule has 1 aliphatic rings. The van der Waals surface area contributed by atoms with Gasteiger partial charge in [-0.15, -0.1) is 11.8 Å². The zero-order valence-electron chi connectivity index (χ0n) is 19.2. The third-order valence-corrected chi connectivity index (χ3v) is 6.80. The Labute approximate surface area is 200 Å². The summed E-state index contributed by atoms with van der Waals surface area (Å²) < 4.78 is 11.3. The van der Waals surface area contributed by atoms with Crippen LogP contribution >= 0.6 is 11.8 Å². The second-order valence-corrected chi connectivity index (χ2v) is 8.86. The molecule has 0 N–H and O–H groups in total. The van der Waals surface area contributed by atoms with Crippen LogP contribution in [0.15, 0.2) is 77.7 Å². The molecule has 3 aromatic rings. The molecule has 0 unspecified atom stereocenters. The zero-order valence-corrected chi connectivity index (χ0v) is 20.0. The fourth-order valence-electron chi connectivity index (χ4n) is 4.02. The molecule has 3 aromatic carbocycles. The summed E-state index contributed by atoms with van der Waals surface area (Å²) in [4.78, 5) is 18.7. The van der Waals surface area contributed by atoms with E-state index < -0.39 is 0 Å². The number of anilines is 1. The molecule has 0 atom stereocenters. The first-order valence-corrected chi connectivity index (χ1v) is 12.3. The lowest BCUT2D eigenvalue weighted by Crippen LogP contribution is -2.48. The van der Waals surface area contributed by atoms with Gasteiger partial charge in [-0.2, -0.15) is 0 Å². The van der Waals surface area contributed by atoms with Gasteiger partial charge in [0.1, 0.15) is 11.5 Å². The van der Waals surface area contributed by atoms with E-state index in [1.807, 2.05) is 66.4 Å². The maximum absolute atomic E-state index is 13.3. The molecule has 0 radical (unpaired) electrons. The summed E-state index contributed by atoms with van der Waals surface area (Å²) in [5, 5.41) is 0. The lowest BCUT2D eigenvalue weighted by molar-refractivity contribution is 0.0746. The number of carbonyl (C=O) groups excluding carboxylic acids is 1. The number of hydrogen-bond acceptors (Lipinski definition) is 5. The van der Waals surface area contributed by atoms with Gasteiger partial charge in [-0.3, -0.25) is 4.79 Å². The first-order valence-electron chi connectivity index (χ1n) is 11.3. The molecule has 6 heteroatoms. The van der Waals surface area contributed by atoms with Crippen molar-refractivity contribution in [3.05, 3.63) is 83.9 Å². The Kier molecular flexibility index (Phi) is 7.79. The van der Waals surface area contributed by atoms with Gasteiger partial charge in [-0.1, -0.05) is 30.3 Å². The Hall–Kier alpha value is -3.12. The van der Waals surface area contributed by atoms with Crippen molar-refractivity contribution in [1.82, 2.24) is 4.90 Å². The quantitative estimate of drug-likeness (QED) is 0.422. The normalized spacial score (nSPS) is 13.6. The minimum absolute atomic E-state index is 0.0729. The molecule has 0 aliphatic carbocycles. The van der Waals surface area contributed by atoms with Crippen molar-refractivity contribution in [2.75, 3.05) is 44.8 Å². The minimum Gasteiger partial charge on any atom is -0.495 e. The van der Waals surface area contributed by atoms with Crippen molar-refractivity contribution in [2.24, 2.45) is 0 Å². The van der Waals surface area contributed by atoms with Crippen molar-refractivity contribution in [1.29, 1.82) is 0 Å². The van der Waals surface area contributed by atoms with E-state index >= 15 is 0 Å². The molecular formula is C27H30N2O3S. The summed E-state index contributed by atoms with van der Waals surface area (Å²) in [6.45, 7) is 5.49. The molecule has 0 spiro atoms. The topological polar surface area (TPSA) is 42.0 Å². The van der Waals surface area contributed by atoms with E-state index in [2.05, 4.69) is 23.1 Å². The van der Waals surface area contributed by atoms with Crippen LogP contribution in [-0.2, 0) is 5.75 Å². The van der Waals surface area contributed by atoms with Gasteiger partial charge in [0.25, 0.3) is 5.91 Å². The van der Waals surface area contributed by atoms with Crippen LogP contribution in [0.4, 0.5) is 5.69 Å². The van der Waals surface area contributed by atoms with Crippen LogP contribution in [0.3, 0.4) is 0 Å². The van der Waals surface area contributed by atoms with Crippen LogP contribution in [0.2, 0.25) is 0 Å². The summed E-state index contributed by atoms with van der Waals surface area (Å²) in [5.74, 6) is 2.54. The van der Waals surface area contributed by atoms with Crippen LogP contribution in [0.5, 0.6) is 11.5 Å². The van der Waals surface area contributed by atoms with E-state index in [0.717, 1.165) is 41.6 Å². The number of para-hydroxylation sites is 2. The smallest absolute Gasteiger partial charge is 0.253 e. The number of rotatable bonds is 8. The first-order chi connectivity index (χ1) is 16.2. The fourth-order valence-corrected chi connectivity index (χ4v) is 4.92. The number of hydrogen-bond donors (Lipinski definition) is 0. The van der Waals surface area contributed by atoms with Crippen molar-refractivity contribution < 1.29 is 14.3 Å². The van der Waals surface area contributed by atoms with Gasteiger partial charge >= 0.3 is 0 Å². The average Bonchev–Trinajstić information content (AvgIpc) is 2.88. The van der Waals surface area contributed by atoms with Gasteiger partial charge in [0.05, 0.1) is 19.4 Å². The third kappa shape index (κ3) is 5.63. The van der Waals surface area contributed by atoms with Gasteiger partial charge in [0, 0.05) is 48.0 Å². The van der Waals surface area contributed by atoms with Gasteiger partial charge in [0.2, 0.25) is 0 Å². The Morgan fingerprint density at radius 3 is 2.36 bits per heavy atom. The highest BCUT2D eigenvalue weighted by atomic mass is 32.2. The Morgan fingerprint density at radius 2 is 1.64 bits per heavy atom. The average molecular weight is 463 g/mol. The monoisotopic (exact) mass is 462 g/mol. The van der Waals surface area contributed by atoms with Crippen LogP contribution < -0.4 is 14.4 Å². The lowest BCUT2D eigenvalue weighted by atomic mass is 10.1. The SMILES string of the molecule is CCOc1ccc(C(=O)N2CCN(c3ccccc3OC)CC2)cc1CSc1ccccc1. The minimum atomic E-state index is 0.0729. The standard InChI is InChI=1S/C27H30N2O3S/c1-3-32-25-14-13-21(19-22(25)20-33-23-9-5-4-6-10-23)27(30)29-17-15-28(16-18-29)24-11-7-8-12-26(24)31-2/h4-14,19H,3,15-18,20H2,1-2H3. The van der Waals surface area contributed by atoms with Crippen LogP contribution in [0.1, 0.15) is 22.8 Å². The molecule has 172 valence electrons. The maximum atomic E-state index is 13.3. The second kappa shape index (κ2) is 11.1. The second-order valence-electron chi connectivity index (χ2n) is 7.81. The van der Waals surface area contributed by atoms with E-state index in [9.17, 15) is 4.79 Å². The highest BCUT2D eigenvalue weighted by Gasteiger charge is 2.24. The molecule has 5 nitrogen and oxygen atoms in total. The maximum Gasteiger partial charge on any atom is 0.253 e. The van der Waals surface area contributed by atoms with Crippen LogP contribution in [0, 0.1) is 0 Å². The molecular weight excluding hydrogens is 432 g/mol. The van der Waals surface area contributed by atoms with Gasteiger partial charge in [-0.05, 0) is 49.4 Å². The molecule has 1 aliphatic heterocycles. The Morgan fingerprint density at radius 1 is 0.909 bits per heavy atom. The number of benzene rings is 3. The summed E-state index contributed by atoms with van der Waals surface area (Å²) in [7, 11) is 1.69. The lowest BCUT2D eigenvalue weighted by Gasteiger charge is -2.36. The summed E-state index contributed by atoms with van der Waals surface area (Å²) >= 11 is 1.75. The molecule has 1 amide bonds. The van der Waals surface area contributed by atoms with E-state index in [4.69, 9.17) is 9.47 Å². The fraction of sp³-hybridized carbons (Fsp3) is 0.296. The molecule has 0 saturated carbocycles. The largest absolute Gasteiger partial charge is 0.495 e. The molecule has 4 rings (SSSR count). The summed E-state index contributed by atoms with van der Waals surface area (Å²) in [5.41, 5.74) is 2.84. The summed E-state index contributed by atoms with van der Waals surface area (Å²) in [6, 6.07) is 24.1.